The van der Waals surface area contributed by atoms with Gasteiger partial charge in [-0.25, -0.2) is 9.97 Å². The Kier molecular flexibility index (Phi) is 5.35. The largest absolute Gasteiger partial charge is 0.308 e. The van der Waals surface area contributed by atoms with Gasteiger partial charge in [0.15, 0.2) is 11.6 Å². The highest BCUT2D eigenvalue weighted by Gasteiger charge is 2.26. The lowest BCUT2D eigenvalue weighted by molar-refractivity contribution is 1.08. The number of rotatable bonds is 3. The van der Waals surface area contributed by atoms with E-state index in [4.69, 9.17) is 9.97 Å². The molecule has 5 heteroatoms. The highest BCUT2D eigenvalue weighted by Crippen LogP contribution is 2.48. The van der Waals surface area contributed by atoms with E-state index in [1.165, 1.54) is 70.2 Å². The zero-order valence-electron chi connectivity index (χ0n) is 27.2. The van der Waals surface area contributed by atoms with Crippen molar-refractivity contribution < 1.29 is 0 Å². The van der Waals surface area contributed by atoms with E-state index >= 15 is 0 Å². The second kappa shape index (κ2) is 10.0. The summed E-state index contributed by atoms with van der Waals surface area (Å²) in [5.74, 6) is 1.65. The highest BCUT2D eigenvalue weighted by molar-refractivity contribution is 7.26. The summed E-state index contributed by atoms with van der Waals surface area (Å²) in [6, 6.07) is 56.7. The number of nitrogens with zero attached hydrogens (tertiary/aromatic N) is 4. The molecule has 0 N–H and O–H groups in total. The van der Waals surface area contributed by atoms with Gasteiger partial charge < -0.3 is 4.40 Å². The van der Waals surface area contributed by atoms with Crippen LogP contribution < -0.4 is 0 Å². The van der Waals surface area contributed by atoms with Gasteiger partial charge in [0, 0.05) is 48.0 Å². The van der Waals surface area contributed by atoms with Crippen LogP contribution in [-0.2, 0) is 0 Å². The molecule has 0 saturated carbocycles. The number of aromatic nitrogens is 4. The zero-order valence-corrected chi connectivity index (χ0v) is 28.0. The second-order valence-electron chi connectivity index (χ2n) is 13.4. The summed E-state index contributed by atoms with van der Waals surface area (Å²) < 4.78 is 7.21. The van der Waals surface area contributed by atoms with Crippen molar-refractivity contribution in [2.75, 3.05) is 0 Å². The van der Waals surface area contributed by atoms with E-state index in [0.29, 0.717) is 0 Å². The predicted octanol–water partition coefficient (Wildman–Crippen LogP) is 12.4. The Morgan fingerprint density at radius 1 is 0.431 bits per heavy atom. The average Bonchev–Trinajstić information content (AvgIpc) is 3.93. The van der Waals surface area contributed by atoms with Crippen molar-refractivity contribution in [3.05, 3.63) is 158 Å². The molecule has 0 unspecified atom stereocenters. The zero-order chi connectivity index (χ0) is 33.2. The Morgan fingerprint density at radius 3 is 1.90 bits per heavy atom. The van der Waals surface area contributed by atoms with Crippen molar-refractivity contribution in [3.63, 3.8) is 0 Å². The van der Waals surface area contributed by atoms with Gasteiger partial charge in [-0.3, -0.25) is 4.57 Å². The second-order valence-corrected chi connectivity index (χ2v) is 14.4. The summed E-state index contributed by atoms with van der Waals surface area (Å²) in [6.07, 6.45) is 0. The van der Waals surface area contributed by atoms with Gasteiger partial charge in [-0.15, -0.1) is 11.3 Å². The number of fused-ring (bicyclic) bond motifs is 13. The first-order chi connectivity index (χ1) is 25.3. The lowest BCUT2D eigenvalue weighted by Crippen LogP contribution is -2.01. The molecule has 5 aromatic heterocycles. The third-order valence-electron chi connectivity index (χ3n) is 10.6. The van der Waals surface area contributed by atoms with Crippen molar-refractivity contribution in [1.82, 2.24) is 18.9 Å². The van der Waals surface area contributed by atoms with Crippen molar-refractivity contribution in [1.29, 1.82) is 0 Å². The quantitative estimate of drug-likeness (QED) is 0.188. The molecule has 12 aromatic rings. The first kappa shape index (κ1) is 27.3. The molecular formula is C46H26N4S. The average molecular weight is 667 g/mol. The molecule has 0 saturated heterocycles. The number of para-hydroxylation sites is 2. The van der Waals surface area contributed by atoms with Gasteiger partial charge >= 0.3 is 0 Å². The van der Waals surface area contributed by atoms with Crippen molar-refractivity contribution in [2.45, 2.75) is 0 Å². The Morgan fingerprint density at radius 2 is 1.08 bits per heavy atom. The molecule has 0 atom stereocenters. The van der Waals surface area contributed by atoms with E-state index in [9.17, 15) is 0 Å². The van der Waals surface area contributed by atoms with E-state index < -0.39 is 0 Å². The first-order valence-corrected chi connectivity index (χ1v) is 18.1. The third-order valence-corrected chi connectivity index (χ3v) is 11.8. The minimum atomic E-state index is 0.730. The standard InChI is InChI=1S/C46H26N4S/c1-3-13-27(14-4-1)29-23-24-38-33(25-29)35-26-34-30-17-7-10-20-36(30)50(43(34)40-31-18-8-11-21-37(31)49(38)42(35)40)46-44-41(32-19-9-12-22-39(32)51-44)47-45(48-46)28-15-5-2-6-16-28/h1-26H. The fraction of sp³-hybridized carbons (Fsp3) is 0. The van der Waals surface area contributed by atoms with Crippen LogP contribution in [0.5, 0.6) is 0 Å². The predicted molar refractivity (Wildman–Crippen MR) is 215 cm³/mol. The lowest BCUT2D eigenvalue weighted by Gasteiger charge is -2.11. The summed E-state index contributed by atoms with van der Waals surface area (Å²) in [4.78, 5) is 10.7. The van der Waals surface area contributed by atoms with Crippen LogP contribution in [0.3, 0.4) is 0 Å². The van der Waals surface area contributed by atoms with Gasteiger partial charge in [-0.05, 0) is 47.5 Å². The minimum absolute atomic E-state index is 0.730. The summed E-state index contributed by atoms with van der Waals surface area (Å²) in [7, 11) is 0. The van der Waals surface area contributed by atoms with Crippen LogP contribution in [0.2, 0.25) is 0 Å². The summed E-state index contributed by atoms with van der Waals surface area (Å²) in [6.45, 7) is 0. The molecule has 0 spiro atoms. The molecule has 0 bridgehead atoms. The van der Waals surface area contributed by atoms with Crippen LogP contribution in [0.4, 0.5) is 0 Å². The normalized spacial score (nSPS) is 12.3. The molecule has 51 heavy (non-hydrogen) atoms. The fourth-order valence-corrected chi connectivity index (χ4v) is 9.60. The molecule has 0 fully saturated rings. The molecule has 0 aliphatic carbocycles. The van der Waals surface area contributed by atoms with Crippen molar-refractivity contribution in [2.24, 2.45) is 0 Å². The highest BCUT2D eigenvalue weighted by atomic mass is 32.1. The molecule has 0 aliphatic rings. The van der Waals surface area contributed by atoms with Gasteiger partial charge in [0.25, 0.3) is 0 Å². The van der Waals surface area contributed by atoms with Gasteiger partial charge in [-0.1, -0.05) is 121 Å². The van der Waals surface area contributed by atoms with Crippen LogP contribution in [0.15, 0.2) is 158 Å². The molecule has 0 amide bonds. The third kappa shape index (κ3) is 3.63. The van der Waals surface area contributed by atoms with Crippen LogP contribution in [-0.4, -0.2) is 18.9 Å². The Labute approximate surface area is 295 Å². The smallest absolute Gasteiger partial charge is 0.162 e. The van der Waals surface area contributed by atoms with Crippen molar-refractivity contribution >= 4 is 91.5 Å². The summed E-state index contributed by atoms with van der Waals surface area (Å²) >= 11 is 1.78. The maximum Gasteiger partial charge on any atom is 0.162 e. The SMILES string of the molecule is c1ccc(-c2ccc3c(c2)c2cc4c5ccccc5n(-c5nc(-c6ccccc6)nc6c5sc5ccccc56)c4c4c5ccccc5n3c24)cc1. The molecule has 12 rings (SSSR count). The topological polar surface area (TPSA) is 35.1 Å². The lowest BCUT2D eigenvalue weighted by atomic mass is 10.00. The molecule has 5 heterocycles. The Hall–Kier alpha value is -6.56. The van der Waals surface area contributed by atoms with Crippen LogP contribution in [0.25, 0.3) is 109 Å². The maximum atomic E-state index is 5.48. The van der Waals surface area contributed by atoms with E-state index in [1.54, 1.807) is 11.3 Å². The number of hydrogen-bond donors (Lipinski definition) is 0. The molecular weight excluding hydrogens is 641 g/mol. The van der Waals surface area contributed by atoms with Crippen LogP contribution in [0, 0.1) is 0 Å². The minimum Gasteiger partial charge on any atom is -0.308 e. The number of thiophene rings is 1. The van der Waals surface area contributed by atoms with E-state index in [2.05, 4.69) is 161 Å². The van der Waals surface area contributed by atoms with E-state index in [-0.39, 0.29) is 0 Å². The number of benzene rings is 7. The van der Waals surface area contributed by atoms with Gasteiger partial charge in [0.05, 0.1) is 37.8 Å². The van der Waals surface area contributed by atoms with Crippen LogP contribution in [0.1, 0.15) is 0 Å². The van der Waals surface area contributed by atoms with Crippen LogP contribution >= 0.6 is 11.3 Å². The molecule has 0 radical (unpaired) electrons. The van der Waals surface area contributed by atoms with Gasteiger partial charge in [0.1, 0.15) is 0 Å². The summed E-state index contributed by atoms with van der Waals surface area (Å²) in [5, 5.41) is 8.62. The maximum absolute atomic E-state index is 5.48. The first-order valence-electron chi connectivity index (χ1n) is 17.3. The van der Waals surface area contributed by atoms with E-state index in [1.807, 2.05) is 6.07 Å². The Bertz CT molecular complexity index is 3350. The molecule has 7 aromatic carbocycles. The van der Waals surface area contributed by atoms with Gasteiger partial charge in [0.2, 0.25) is 0 Å². The number of hydrogen-bond acceptors (Lipinski definition) is 3. The summed E-state index contributed by atoms with van der Waals surface area (Å²) in [5.41, 5.74) is 10.4. The van der Waals surface area contributed by atoms with Crippen molar-refractivity contribution in [3.8, 4) is 28.3 Å². The molecule has 0 aliphatic heterocycles. The molecule has 236 valence electrons. The fourth-order valence-electron chi connectivity index (χ4n) is 8.48. The Balaban J connectivity index is 1.30. The monoisotopic (exact) mass is 666 g/mol. The van der Waals surface area contributed by atoms with Gasteiger partial charge in [-0.2, -0.15) is 0 Å². The molecule has 4 nitrogen and oxygen atoms in total. The van der Waals surface area contributed by atoms with E-state index in [0.717, 1.165) is 38.3 Å².